The fourth-order valence-electron chi connectivity index (χ4n) is 2.55. The molecule has 0 aromatic heterocycles. The van der Waals surface area contributed by atoms with E-state index in [0.29, 0.717) is 28.0 Å². The zero-order valence-electron chi connectivity index (χ0n) is 10.5. The molecule has 0 heterocycles. The first-order valence-corrected chi connectivity index (χ1v) is 7.65. The maximum absolute atomic E-state index is 12.2. The Morgan fingerprint density at radius 3 is 2.32 bits per heavy atom. The lowest BCUT2D eigenvalue weighted by molar-refractivity contribution is 0.0935. The highest BCUT2D eigenvalue weighted by Gasteiger charge is 2.33. The van der Waals surface area contributed by atoms with E-state index in [-0.39, 0.29) is 11.3 Å². The summed E-state index contributed by atoms with van der Waals surface area (Å²) in [4.78, 5) is 12.2. The van der Waals surface area contributed by atoms with Gasteiger partial charge in [0, 0.05) is 17.8 Å². The lowest BCUT2D eigenvalue weighted by Crippen LogP contribution is -2.37. The summed E-state index contributed by atoms with van der Waals surface area (Å²) in [5.74, 6) is 0.343. The summed E-state index contributed by atoms with van der Waals surface area (Å²) in [6.07, 6.45) is 4.48. The Bertz CT molecular complexity index is 450. The number of carbonyl (C=O) groups excluding carboxylic acids is 1. The van der Waals surface area contributed by atoms with Crippen molar-refractivity contribution in [2.24, 2.45) is 5.41 Å². The lowest BCUT2D eigenvalue weighted by atomic mass is 9.88. The molecule has 0 atom stereocenters. The molecule has 1 amide bonds. The second-order valence-corrected chi connectivity index (χ2v) is 6.20. The normalized spacial score (nSPS) is 17.4. The van der Waals surface area contributed by atoms with Gasteiger partial charge in [0.15, 0.2) is 0 Å². The van der Waals surface area contributed by atoms with Gasteiger partial charge < -0.3 is 5.32 Å². The Labute approximate surface area is 128 Å². The van der Waals surface area contributed by atoms with Crippen molar-refractivity contribution in [2.75, 3.05) is 12.4 Å². The molecule has 2 rings (SSSR count). The van der Waals surface area contributed by atoms with Crippen LogP contribution < -0.4 is 5.32 Å². The third-order valence-corrected chi connectivity index (χ3v) is 4.96. The van der Waals surface area contributed by atoms with Crippen molar-refractivity contribution in [3.8, 4) is 0 Å². The van der Waals surface area contributed by atoms with Crippen LogP contribution in [0.25, 0.3) is 0 Å². The van der Waals surface area contributed by atoms with Crippen molar-refractivity contribution in [3.63, 3.8) is 0 Å². The lowest BCUT2D eigenvalue weighted by Gasteiger charge is -2.26. The Morgan fingerprint density at radius 2 is 1.79 bits per heavy atom. The molecule has 1 saturated carbocycles. The van der Waals surface area contributed by atoms with Gasteiger partial charge in [0.05, 0.1) is 15.6 Å². The number of hydrogen-bond donors (Lipinski definition) is 1. The van der Waals surface area contributed by atoms with Crippen molar-refractivity contribution in [2.45, 2.75) is 25.7 Å². The second-order valence-electron chi connectivity index (χ2n) is 5.12. The van der Waals surface area contributed by atoms with E-state index in [1.807, 2.05) is 0 Å². The van der Waals surface area contributed by atoms with Gasteiger partial charge >= 0.3 is 0 Å². The third-order valence-electron chi connectivity index (χ3n) is 3.76. The van der Waals surface area contributed by atoms with Crippen LogP contribution in [0.15, 0.2) is 18.2 Å². The summed E-state index contributed by atoms with van der Waals surface area (Å²) in [7, 11) is 0. The summed E-state index contributed by atoms with van der Waals surface area (Å²) in [5, 5.41) is 3.67. The molecule has 1 aromatic carbocycles. The van der Waals surface area contributed by atoms with Gasteiger partial charge in [-0.05, 0) is 25.0 Å². The molecule has 0 radical (unpaired) electrons. The summed E-state index contributed by atoms with van der Waals surface area (Å²) < 4.78 is 0. The summed E-state index contributed by atoms with van der Waals surface area (Å²) in [6, 6.07) is 5.04. The van der Waals surface area contributed by atoms with Crippen molar-refractivity contribution in [3.05, 3.63) is 33.8 Å². The molecule has 5 heteroatoms. The van der Waals surface area contributed by atoms with E-state index >= 15 is 0 Å². The van der Waals surface area contributed by atoms with Crippen LogP contribution in [0.1, 0.15) is 36.0 Å². The highest BCUT2D eigenvalue weighted by molar-refractivity contribution is 6.39. The van der Waals surface area contributed by atoms with Crippen LogP contribution in [0.2, 0.25) is 10.0 Å². The molecule has 2 nitrogen and oxygen atoms in total. The highest BCUT2D eigenvalue weighted by Crippen LogP contribution is 2.38. The number of carbonyl (C=O) groups is 1. The SMILES string of the molecule is O=C(NCC1(CCl)CCCC1)c1c(Cl)cccc1Cl. The average molecular weight is 321 g/mol. The molecule has 1 fully saturated rings. The highest BCUT2D eigenvalue weighted by atomic mass is 35.5. The molecule has 1 N–H and O–H groups in total. The molecular formula is C14H16Cl3NO. The van der Waals surface area contributed by atoms with Crippen LogP contribution in [0.3, 0.4) is 0 Å². The van der Waals surface area contributed by atoms with E-state index in [0.717, 1.165) is 12.8 Å². The monoisotopic (exact) mass is 319 g/mol. The van der Waals surface area contributed by atoms with Crippen LogP contribution in [0, 0.1) is 5.41 Å². The molecule has 104 valence electrons. The van der Waals surface area contributed by atoms with Gasteiger partial charge in [-0.3, -0.25) is 4.79 Å². The number of amides is 1. The van der Waals surface area contributed by atoms with Gasteiger partial charge in [-0.1, -0.05) is 42.1 Å². The summed E-state index contributed by atoms with van der Waals surface area (Å²) in [6.45, 7) is 0.580. The van der Waals surface area contributed by atoms with Crippen molar-refractivity contribution in [1.29, 1.82) is 0 Å². The molecule has 0 bridgehead atoms. The average Bonchev–Trinajstić information content (AvgIpc) is 2.86. The minimum Gasteiger partial charge on any atom is -0.351 e. The first-order valence-electron chi connectivity index (χ1n) is 6.36. The van der Waals surface area contributed by atoms with E-state index in [2.05, 4.69) is 5.32 Å². The first kappa shape index (κ1) is 15.0. The smallest absolute Gasteiger partial charge is 0.254 e. The van der Waals surface area contributed by atoms with E-state index in [1.54, 1.807) is 18.2 Å². The number of alkyl halides is 1. The van der Waals surface area contributed by atoms with E-state index in [1.165, 1.54) is 12.8 Å². The van der Waals surface area contributed by atoms with E-state index < -0.39 is 0 Å². The van der Waals surface area contributed by atoms with Gasteiger partial charge in [0.1, 0.15) is 0 Å². The van der Waals surface area contributed by atoms with E-state index in [9.17, 15) is 4.79 Å². The summed E-state index contributed by atoms with van der Waals surface area (Å²) in [5.41, 5.74) is 0.374. The maximum atomic E-state index is 12.2. The summed E-state index contributed by atoms with van der Waals surface area (Å²) >= 11 is 18.1. The number of nitrogens with one attached hydrogen (secondary N) is 1. The quantitative estimate of drug-likeness (QED) is 0.812. The molecule has 19 heavy (non-hydrogen) atoms. The van der Waals surface area contributed by atoms with Gasteiger partial charge in [-0.25, -0.2) is 0 Å². The molecule has 1 aliphatic rings. The minimum absolute atomic E-state index is 0.0327. The zero-order valence-corrected chi connectivity index (χ0v) is 12.8. The molecule has 0 spiro atoms. The topological polar surface area (TPSA) is 29.1 Å². The molecular weight excluding hydrogens is 305 g/mol. The van der Waals surface area contributed by atoms with Crippen LogP contribution in [-0.4, -0.2) is 18.3 Å². The van der Waals surface area contributed by atoms with Crippen LogP contribution in [-0.2, 0) is 0 Å². The van der Waals surface area contributed by atoms with Crippen molar-refractivity contribution < 1.29 is 4.79 Å². The number of benzene rings is 1. The van der Waals surface area contributed by atoms with Crippen LogP contribution in [0.4, 0.5) is 0 Å². The largest absolute Gasteiger partial charge is 0.351 e. The molecule has 1 aromatic rings. The van der Waals surface area contributed by atoms with E-state index in [4.69, 9.17) is 34.8 Å². The fraction of sp³-hybridized carbons (Fsp3) is 0.500. The van der Waals surface area contributed by atoms with Gasteiger partial charge in [-0.2, -0.15) is 0 Å². The minimum atomic E-state index is -0.230. The molecule has 0 aliphatic heterocycles. The number of hydrogen-bond acceptors (Lipinski definition) is 1. The van der Waals surface area contributed by atoms with Gasteiger partial charge in [-0.15, -0.1) is 11.6 Å². The Balaban J connectivity index is 2.05. The van der Waals surface area contributed by atoms with Crippen LogP contribution in [0.5, 0.6) is 0 Å². The molecule has 1 aliphatic carbocycles. The standard InChI is InChI=1S/C14H16Cl3NO/c15-8-14(6-1-2-7-14)9-18-13(19)12-10(16)4-3-5-11(12)17/h3-5H,1-2,6-9H2,(H,18,19). The maximum Gasteiger partial charge on any atom is 0.254 e. The Hall–Kier alpha value is -0.440. The number of halogens is 3. The Kier molecular flexibility index (Phi) is 4.99. The predicted octanol–water partition coefficient (Wildman–Crippen LogP) is 4.52. The second kappa shape index (κ2) is 6.34. The molecule has 0 unspecified atom stereocenters. The Morgan fingerprint density at radius 1 is 1.21 bits per heavy atom. The van der Waals surface area contributed by atoms with Gasteiger partial charge in [0.25, 0.3) is 5.91 Å². The van der Waals surface area contributed by atoms with Gasteiger partial charge in [0.2, 0.25) is 0 Å². The zero-order chi connectivity index (χ0) is 13.9. The van der Waals surface area contributed by atoms with Crippen molar-refractivity contribution in [1.82, 2.24) is 5.32 Å². The number of rotatable bonds is 4. The van der Waals surface area contributed by atoms with Crippen molar-refractivity contribution >= 4 is 40.7 Å². The fourth-order valence-corrected chi connectivity index (χ4v) is 3.48. The predicted molar refractivity (Wildman–Crippen MR) is 80.4 cm³/mol. The molecule has 0 saturated heterocycles. The third kappa shape index (κ3) is 3.36. The first-order chi connectivity index (χ1) is 9.08. The van der Waals surface area contributed by atoms with Crippen LogP contribution >= 0.6 is 34.8 Å².